The summed E-state index contributed by atoms with van der Waals surface area (Å²) in [6.45, 7) is 7.42. The maximum absolute atomic E-state index is 12.1. The first kappa shape index (κ1) is 14.5. The fourth-order valence-electron chi connectivity index (χ4n) is 2.26. The van der Waals surface area contributed by atoms with Crippen molar-refractivity contribution in [3.05, 3.63) is 28.2 Å². The number of nitrogens with one attached hydrogen (secondary N) is 2. The summed E-state index contributed by atoms with van der Waals surface area (Å²) in [7, 11) is 0. The second-order valence-electron chi connectivity index (χ2n) is 5.03. The van der Waals surface area contributed by atoms with Crippen LogP contribution in [-0.2, 0) is 4.79 Å². The summed E-state index contributed by atoms with van der Waals surface area (Å²) < 4.78 is 1.03. The van der Waals surface area contributed by atoms with Gasteiger partial charge >= 0.3 is 0 Å². The van der Waals surface area contributed by atoms with Gasteiger partial charge in [0.2, 0.25) is 5.91 Å². The number of halogens is 1. The van der Waals surface area contributed by atoms with Crippen LogP contribution in [0, 0.1) is 6.92 Å². The van der Waals surface area contributed by atoms with E-state index in [4.69, 9.17) is 0 Å². The maximum Gasteiger partial charge on any atom is 0.238 e. The van der Waals surface area contributed by atoms with Crippen molar-refractivity contribution in [3.8, 4) is 0 Å². The second kappa shape index (κ2) is 6.50. The van der Waals surface area contributed by atoms with E-state index in [0.29, 0.717) is 12.6 Å². The van der Waals surface area contributed by atoms with Gasteiger partial charge in [-0.15, -0.1) is 0 Å². The highest BCUT2D eigenvalue weighted by atomic mass is 79.9. The van der Waals surface area contributed by atoms with Crippen molar-refractivity contribution in [2.75, 3.05) is 31.5 Å². The number of hydrogen-bond donors (Lipinski definition) is 2. The summed E-state index contributed by atoms with van der Waals surface area (Å²) in [6.07, 6.45) is 0. The molecule has 2 rings (SSSR count). The van der Waals surface area contributed by atoms with Crippen molar-refractivity contribution >= 4 is 27.5 Å². The summed E-state index contributed by atoms with van der Waals surface area (Å²) in [5, 5.41) is 6.31. The van der Waals surface area contributed by atoms with Gasteiger partial charge in [0, 0.05) is 35.8 Å². The van der Waals surface area contributed by atoms with Crippen molar-refractivity contribution in [1.29, 1.82) is 0 Å². The van der Waals surface area contributed by atoms with Crippen LogP contribution in [0.5, 0.6) is 0 Å². The molecule has 1 amide bonds. The van der Waals surface area contributed by atoms with Crippen molar-refractivity contribution < 1.29 is 4.79 Å². The molecule has 0 unspecified atom stereocenters. The summed E-state index contributed by atoms with van der Waals surface area (Å²) in [4.78, 5) is 14.3. The van der Waals surface area contributed by atoms with E-state index >= 15 is 0 Å². The molecule has 1 fully saturated rings. The average Bonchev–Trinajstić information content (AvgIpc) is 2.36. The van der Waals surface area contributed by atoms with E-state index < -0.39 is 0 Å². The summed E-state index contributed by atoms with van der Waals surface area (Å²) >= 11 is 3.42. The highest BCUT2D eigenvalue weighted by molar-refractivity contribution is 9.10. The molecule has 0 aromatic heterocycles. The molecular formula is C14H20BrN3O. The normalized spacial score (nSPS) is 20.3. The molecule has 1 saturated heterocycles. The first-order chi connectivity index (χ1) is 9.06. The summed E-state index contributed by atoms with van der Waals surface area (Å²) in [5.74, 6) is 0.0548. The maximum atomic E-state index is 12.1. The molecule has 2 N–H and O–H groups in total. The number of carbonyl (C=O) groups excluding carboxylic acids is 1. The van der Waals surface area contributed by atoms with E-state index in [0.717, 1.165) is 35.4 Å². The van der Waals surface area contributed by atoms with Crippen LogP contribution in [0.25, 0.3) is 0 Å². The zero-order chi connectivity index (χ0) is 13.8. The molecule has 19 heavy (non-hydrogen) atoms. The largest absolute Gasteiger partial charge is 0.325 e. The molecule has 0 saturated carbocycles. The Kier molecular flexibility index (Phi) is 4.96. The third kappa shape index (κ3) is 4.03. The Labute approximate surface area is 122 Å². The van der Waals surface area contributed by atoms with Gasteiger partial charge in [-0.3, -0.25) is 9.69 Å². The van der Waals surface area contributed by atoms with E-state index in [1.807, 2.05) is 25.1 Å². The summed E-state index contributed by atoms with van der Waals surface area (Å²) in [5.41, 5.74) is 1.95. The van der Waals surface area contributed by atoms with Crippen LogP contribution >= 0.6 is 15.9 Å². The van der Waals surface area contributed by atoms with Crippen molar-refractivity contribution in [1.82, 2.24) is 10.2 Å². The zero-order valence-electron chi connectivity index (χ0n) is 11.4. The van der Waals surface area contributed by atoms with Gasteiger partial charge in [-0.1, -0.05) is 15.9 Å². The van der Waals surface area contributed by atoms with Gasteiger partial charge < -0.3 is 10.6 Å². The molecule has 1 atom stereocenters. The van der Waals surface area contributed by atoms with Crippen LogP contribution in [0.4, 0.5) is 5.69 Å². The molecule has 104 valence electrons. The van der Waals surface area contributed by atoms with E-state index in [1.165, 1.54) is 0 Å². The van der Waals surface area contributed by atoms with Gasteiger partial charge in [0.25, 0.3) is 0 Å². The van der Waals surface area contributed by atoms with Crippen molar-refractivity contribution in [3.63, 3.8) is 0 Å². The number of anilines is 1. The lowest BCUT2D eigenvalue weighted by molar-refractivity contribution is -0.118. The van der Waals surface area contributed by atoms with Crippen molar-refractivity contribution in [2.45, 2.75) is 19.9 Å². The van der Waals surface area contributed by atoms with Crippen LogP contribution < -0.4 is 10.6 Å². The van der Waals surface area contributed by atoms with Gasteiger partial charge in [0.05, 0.1) is 6.54 Å². The minimum atomic E-state index is 0.0548. The Morgan fingerprint density at radius 2 is 2.37 bits per heavy atom. The standard InChI is InChI=1S/C14H20BrN3O/c1-10-7-12(15)3-4-13(10)17-14(19)9-18-6-5-16-8-11(18)2/h3-4,7,11,16H,5-6,8-9H2,1-2H3,(H,17,19)/t11-/m1/s1. The number of amides is 1. The van der Waals surface area contributed by atoms with Gasteiger partial charge in [0.15, 0.2) is 0 Å². The average molecular weight is 326 g/mol. The minimum Gasteiger partial charge on any atom is -0.325 e. The Balaban J connectivity index is 1.93. The molecule has 1 heterocycles. The van der Waals surface area contributed by atoms with Gasteiger partial charge in [-0.2, -0.15) is 0 Å². The van der Waals surface area contributed by atoms with Crippen LogP contribution in [0.2, 0.25) is 0 Å². The molecule has 0 radical (unpaired) electrons. The summed E-state index contributed by atoms with van der Waals surface area (Å²) in [6, 6.07) is 6.28. The molecule has 0 spiro atoms. The quantitative estimate of drug-likeness (QED) is 0.893. The molecule has 0 aliphatic carbocycles. The third-order valence-electron chi connectivity index (χ3n) is 3.45. The van der Waals surface area contributed by atoms with Gasteiger partial charge in [-0.05, 0) is 37.6 Å². The SMILES string of the molecule is Cc1cc(Br)ccc1NC(=O)CN1CCNC[C@H]1C. The zero-order valence-corrected chi connectivity index (χ0v) is 13.0. The topological polar surface area (TPSA) is 44.4 Å². The monoisotopic (exact) mass is 325 g/mol. The van der Waals surface area contributed by atoms with Crippen LogP contribution in [-0.4, -0.2) is 43.0 Å². The Hall–Kier alpha value is -0.910. The van der Waals surface area contributed by atoms with E-state index in [-0.39, 0.29) is 5.91 Å². The predicted molar refractivity (Wildman–Crippen MR) is 81.4 cm³/mol. The number of piperazine rings is 1. The Morgan fingerprint density at radius 3 is 3.05 bits per heavy atom. The van der Waals surface area contributed by atoms with Crippen LogP contribution in [0.15, 0.2) is 22.7 Å². The lowest BCUT2D eigenvalue weighted by Crippen LogP contribution is -2.52. The number of aryl methyl sites for hydroxylation is 1. The van der Waals surface area contributed by atoms with E-state index in [1.54, 1.807) is 0 Å². The smallest absolute Gasteiger partial charge is 0.238 e. The first-order valence-electron chi connectivity index (χ1n) is 6.57. The lowest BCUT2D eigenvalue weighted by atomic mass is 10.2. The van der Waals surface area contributed by atoms with E-state index in [9.17, 15) is 4.79 Å². The van der Waals surface area contributed by atoms with Crippen molar-refractivity contribution in [2.24, 2.45) is 0 Å². The molecule has 5 heteroatoms. The highest BCUT2D eigenvalue weighted by Gasteiger charge is 2.20. The molecule has 0 bridgehead atoms. The fourth-order valence-corrected chi connectivity index (χ4v) is 2.74. The molecule has 1 aliphatic heterocycles. The molecule has 1 aromatic rings. The highest BCUT2D eigenvalue weighted by Crippen LogP contribution is 2.20. The van der Waals surface area contributed by atoms with Gasteiger partial charge in [-0.25, -0.2) is 0 Å². The second-order valence-corrected chi connectivity index (χ2v) is 5.95. The van der Waals surface area contributed by atoms with E-state index in [2.05, 4.69) is 38.4 Å². The number of hydrogen-bond acceptors (Lipinski definition) is 3. The molecule has 4 nitrogen and oxygen atoms in total. The number of nitrogens with zero attached hydrogens (tertiary/aromatic N) is 1. The lowest BCUT2D eigenvalue weighted by Gasteiger charge is -2.33. The van der Waals surface area contributed by atoms with Crippen LogP contribution in [0.1, 0.15) is 12.5 Å². The predicted octanol–water partition coefficient (Wildman–Crippen LogP) is 1.99. The number of rotatable bonds is 3. The molecule has 1 aromatic carbocycles. The Bertz CT molecular complexity index is 464. The van der Waals surface area contributed by atoms with Crippen LogP contribution in [0.3, 0.4) is 0 Å². The first-order valence-corrected chi connectivity index (χ1v) is 7.36. The van der Waals surface area contributed by atoms with Gasteiger partial charge in [0.1, 0.15) is 0 Å². The fraction of sp³-hybridized carbons (Fsp3) is 0.500. The molecular weight excluding hydrogens is 306 g/mol. The minimum absolute atomic E-state index is 0.0548. The number of benzene rings is 1. The number of carbonyl (C=O) groups is 1. The third-order valence-corrected chi connectivity index (χ3v) is 3.94. The Morgan fingerprint density at radius 1 is 1.58 bits per heavy atom. The molecule has 1 aliphatic rings.